The minimum atomic E-state index is -4.52. The van der Waals surface area contributed by atoms with E-state index in [0.29, 0.717) is 24.1 Å². The van der Waals surface area contributed by atoms with Crippen molar-refractivity contribution in [1.29, 1.82) is 0 Å². The first-order chi connectivity index (χ1) is 24.6. The molecule has 0 rings (SSSR count). The van der Waals surface area contributed by atoms with E-state index in [9.17, 15) is 14.3 Å². The van der Waals surface area contributed by atoms with Crippen LogP contribution in [-0.4, -0.2) is 70.7 Å². The second-order valence-corrected chi connectivity index (χ2v) is 16.0. The lowest BCUT2D eigenvalue weighted by Crippen LogP contribution is -2.37. The Kier molecular flexibility index (Phi) is 34.4. The van der Waals surface area contributed by atoms with E-state index in [1.54, 1.807) is 0 Å². The van der Waals surface area contributed by atoms with Gasteiger partial charge in [-0.1, -0.05) is 146 Å². The highest BCUT2D eigenvalue weighted by molar-refractivity contribution is 7.45. The van der Waals surface area contributed by atoms with Crippen molar-refractivity contribution in [2.45, 2.75) is 161 Å². The van der Waals surface area contributed by atoms with Crippen LogP contribution >= 0.6 is 7.82 Å². The van der Waals surface area contributed by atoms with Gasteiger partial charge in [-0.2, -0.15) is 0 Å². The second kappa shape index (κ2) is 35.5. The Hall–Kier alpha value is -1.54. The molecule has 0 saturated heterocycles. The first kappa shape index (κ1) is 49.5. The minimum Gasteiger partial charge on any atom is -0.756 e. The summed E-state index contributed by atoms with van der Waals surface area (Å²) >= 11 is 0. The third-order valence-corrected chi connectivity index (χ3v) is 9.36. The molecule has 0 aliphatic carbocycles. The lowest BCUT2D eigenvalue weighted by molar-refractivity contribution is -0.870. The van der Waals surface area contributed by atoms with Crippen molar-refractivity contribution in [2.75, 3.05) is 54.1 Å². The first-order valence-corrected chi connectivity index (χ1v) is 21.8. The van der Waals surface area contributed by atoms with Crippen molar-refractivity contribution in [1.82, 2.24) is 0 Å². The zero-order valence-electron chi connectivity index (χ0n) is 33.5. The molecule has 2 unspecified atom stereocenters. The average Bonchev–Trinajstić information content (AvgIpc) is 3.08. The van der Waals surface area contributed by atoms with Crippen molar-refractivity contribution >= 4 is 13.8 Å². The molecule has 0 aliphatic rings. The summed E-state index contributed by atoms with van der Waals surface area (Å²) in [4.78, 5) is 24.9. The minimum absolute atomic E-state index is 0.0229. The molecule has 0 spiro atoms. The third kappa shape index (κ3) is 39.5. The summed E-state index contributed by atoms with van der Waals surface area (Å²) in [5.41, 5.74) is 0. The number of phosphoric ester groups is 1. The Morgan fingerprint density at radius 1 is 0.627 bits per heavy atom. The maximum absolute atomic E-state index is 12.6. The van der Waals surface area contributed by atoms with Crippen LogP contribution in [0.5, 0.6) is 0 Å². The average molecular weight is 740 g/mol. The molecule has 0 aromatic rings. The van der Waals surface area contributed by atoms with Gasteiger partial charge in [0, 0.05) is 13.0 Å². The zero-order chi connectivity index (χ0) is 37.7. The number of likely N-dealkylation sites (N-methyl/N-ethyl adjacent to an activating group) is 1. The fraction of sp³-hybridized carbons (Fsp3) is 0.786. The maximum Gasteiger partial charge on any atom is 0.306 e. The summed E-state index contributed by atoms with van der Waals surface area (Å²) in [5, 5.41) is 0. The number of hydrogen-bond acceptors (Lipinski definition) is 7. The molecule has 0 saturated carbocycles. The molecule has 0 aromatic heterocycles. The van der Waals surface area contributed by atoms with Crippen LogP contribution in [0.25, 0.3) is 0 Å². The van der Waals surface area contributed by atoms with E-state index in [-0.39, 0.29) is 25.8 Å². The molecule has 2 atom stereocenters. The van der Waals surface area contributed by atoms with Crippen molar-refractivity contribution in [3.05, 3.63) is 48.6 Å². The quantitative estimate of drug-likeness (QED) is 0.0206. The van der Waals surface area contributed by atoms with Gasteiger partial charge in [-0.3, -0.25) is 9.36 Å². The first-order valence-electron chi connectivity index (χ1n) is 20.4. The van der Waals surface area contributed by atoms with Gasteiger partial charge in [0.25, 0.3) is 7.82 Å². The van der Waals surface area contributed by atoms with Crippen molar-refractivity contribution in [2.24, 2.45) is 0 Å². The van der Waals surface area contributed by atoms with Crippen LogP contribution in [-0.2, 0) is 27.9 Å². The maximum atomic E-state index is 12.6. The summed E-state index contributed by atoms with van der Waals surface area (Å²) in [6.45, 7) is 5.24. The summed E-state index contributed by atoms with van der Waals surface area (Å²) in [7, 11) is 1.34. The highest BCUT2D eigenvalue weighted by atomic mass is 31.2. The van der Waals surface area contributed by atoms with Gasteiger partial charge in [0.2, 0.25) is 0 Å². The van der Waals surface area contributed by atoms with Crippen LogP contribution in [0.1, 0.15) is 155 Å². The number of ether oxygens (including phenoxy) is 2. The molecular formula is C42H78NO7P. The molecular weight excluding hydrogens is 661 g/mol. The van der Waals surface area contributed by atoms with Crippen LogP contribution < -0.4 is 4.89 Å². The number of hydrogen-bond donors (Lipinski definition) is 0. The number of allylic oxidation sites excluding steroid dienone is 8. The summed E-state index contributed by atoms with van der Waals surface area (Å²) in [6.07, 6.45) is 41.2. The van der Waals surface area contributed by atoms with Gasteiger partial charge in [-0.15, -0.1) is 0 Å². The molecule has 51 heavy (non-hydrogen) atoms. The molecule has 0 heterocycles. The molecule has 0 bridgehead atoms. The number of esters is 1. The molecule has 298 valence electrons. The van der Waals surface area contributed by atoms with E-state index in [2.05, 4.69) is 62.5 Å². The molecule has 0 radical (unpaired) electrons. The Morgan fingerprint density at radius 2 is 1.14 bits per heavy atom. The number of carbonyl (C=O) groups excluding carboxylic acids is 1. The molecule has 9 heteroatoms. The van der Waals surface area contributed by atoms with Crippen LogP contribution in [0.2, 0.25) is 0 Å². The SMILES string of the molecule is CC/C=C\C/C=C\C/C=C\C/C=C\CCCCCCCCCOCC(COP(=O)([O-])OCC[N+](C)(C)C)OC(=O)CCCCCCCCCCC. The molecule has 8 nitrogen and oxygen atoms in total. The fourth-order valence-corrected chi connectivity index (χ4v) is 5.97. The molecule has 0 N–H and O–H groups in total. The number of nitrogens with zero attached hydrogens (tertiary/aromatic N) is 1. The summed E-state index contributed by atoms with van der Waals surface area (Å²) < 4.78 is 34.4. The van der Waals surface area contributed by atoms with Crippen molar-refractivity contribution in [3.8, 4) is 0 Å². The lowest BCUT2D eigenvalue weighted by atomic mass is 10.1. The number of phosphoric acid groups is 1. The number of carbonyl (C=O) groups is 1. The smallest absolute Gasteiger partial charge is 0.306 e. The van der Waals surface area contributed by atoms with Gasteiger partial charge in [-0.05, 0) is 51.4 Å². The second-order valence-electron chi connectivity index (χ2n) is 14.6. The van der Waals surface area contributed by atoms with Gasteiger partial charge >= 0.3 is 5.97 Å². The monoisotopic (exact) mass is 740 g/mol. The predicted molar refractivity (Wildman–Crippen MR) is 213 cm³/mol. The molecule has 0 aliphatic heterocycles. The highest BCUT2D eigenvalue weighted by Gasteiger charge is 2.20. The number of quaternary nitrogens is 1. The summed E-state index contributed by atoms with van der Waals surface area (Å²) in [5.74, 6) is -0.344. The Bertz CT molecular complexity index is 957. The van der Waals surface area contributed by atoms with E-state index >= 15 is 0 Å². The summed E-state index contributed by atoms with van der Waals surface area (Å²) in [6, 6.07) is 0. The number of unbranched alkanes of at least 4 members (excludes halogenated alkanes) is 15. The van der Waals surface area contributed by atoms with E-state index in [4.69, 9.17) is 18.5 Å². The molecule has 0 amide bonds. The Labute approximate surface area is 314 Å². The lowest BCUT2D eigenvalue weighted by Gasteiger charge is -2.28. The van der Waals surface area contributed by atoms with Crippen LogP contribution in [0.4, 0.5) is 0 Å². The highest BCUT2D eigenvalue weighted by Crippen LogP contribution is 2.38. The topological polar surface area (TPSA) is 94.1 Å². The van der Waals surface area contributed by atoms with Gasteiger partial charge in [-0.25, -0.2) is 0 Å². The molecule has 0 fully saturated rings. The van der Waals surface area contributed by atoms with E-state index in [1.807, 2.05) is 21.1 Å². The van der Waals surface area contributed by atoms with Gasteiger partial charge in [0.1, 0.15) is 19.3 Å². The number of rotatable bonds is 37. The Balaban J connectivity index is 4.21. The normalized spacial score (nSPS) is 14.4. The molecule has 0 aromatic carbocycles. The predicted octanol–water partition coefficient (Wildman–Crippen LogP) is 11.0. The van der Waals surface area contributed by atoms with Crippen molar-refractivity contribution < 1.29 is 37.3 Å². The van der Waals surface area contributed by atoms with E-state index < -0.39 is 13.9 Å². The Morgan fingerprint density at radius 3 is 1.71 bits per heavy atom. The standard InChI is InChI=1S/C42H78NO7P/c1-6-8-10-12-14-16-17-18-19-20-21-22-23-24-25-26-28-30-32-34-37-47-39-41(40-49-51(45,46)48-38-36-43(3,4)5)50-42(44)35-33-31-29-27-15-13-11-9-7-2/h8,10,14,16,18-19,21-22,41H,6-7,9,11-13,15,17,20,23-40H2,1-5H3/b10-8-,16-14-,19-18-,22-21-. The fourth-order valence-electron chi connectivity index (χ4n) is 5.24. The largest absolute Gasteiger partial charge is 0.756 e. The van der Waals surface area contributed by atoms with E-state index in [0.717, 1.165) is 70.6 Å². The van der Waals surface area contributed by atoms with Gasteiger partial charge < -0.3 is 27.9 Å². The van der Waals surface area contributed by atoms with Gasteiger partial charge in [0.15, 0.2) is 0 Å². The zero-order valence-corrected chi connectivity index (χ0v) is 34.4. The van der Waals surface area contributed by atoms with Crippen LogP contribution in [0.3, 0.4) is 0 Å². The van der Waals surface area contributed by atoms with Crippen molar-refractivity contribution in [3.63, 3.8) is 0 Å². The van der Waals surface area contributed by atoms with E-state index in [1.165, 1.54) is 64.2 Å². The third-order valence-electron chi connectivity index (χ3n) is 8.39. The van der Waals surface area contributed by atoms with Crippen LogP contribution in [0, 0.1) is 0 Å². The van der Waals surface area contributed by atoms with Gasteiger partial charge in [0.05, 0.1) is 34.4 Å². The van der Waals surface area contributed by atoms with Crippen LogP contribution in [0.15, 0.2) is 48.6 Å².